The van der Waals surface area contributed by atoms with Gasteiger partial charge in [-0.2, -0.15) is 0 Å². The van der Waals surface area contributed by atoms with Crippen molar-refractivity contribution in [1.29, 1.82) is 0 Å². The molecule has 0 aromatic carbocycles. The summed E-state index contributed by atoms with van der Waals surface area (Å²) in [5, 5.41) is 0. The smallest absolute Gasteiger partial charge is 0.0556 e. The van der Waals surface area contributed by atoms with Gasteiger partial charge in [-0.3, -0.25) is 9.88 Å². The van der Waals surface area contributed by atoms with E-state index in [1.165, 1.54) is 51.3 Å². The highest BCUT2D eigenvalue weighted by atomic mass is 15.3. The number of hydrogen-bond donors (Lipinski definition) is 0. The third-order valence-electron chi connectivity index (χ3n) is 5.83. The summed E-state index contributed by atoms with van der Waals surface area (Å²) in [5.41, 5.74) is 2.37. The third-order valence-corrected chi connectivity index (χ3v) is 5.83. The molecule has 2 saturated heterocycles. The van der Waals surface area contributed by atoms with Crippen LogP contribution in [-0.4, -0.2) is 66.1 Å². The van der Waals surface area contributed by atoms with E-state index >= 15 is 0 Å². The van der Waals surface area contributed by atoms with E-state index in [1.54, 1.807) is 0 Å². The maximum Gasteiger partial charge on any atom is 0.0556 e. The van der Waals surface area contributed by atoms with Crippen molar-refractivity contribution in [1.82, 2.24) is 14.8 Å². The van der Waals surface area contributed by atoms with Crippen LogP contribution in [0.4, 0.5) is 5.69 Å². The number of aryl methyl sites for hydroxylation is 1. The molecule has 0 radical (unpaired) electrons. The number of likely N-dealkylation sites (tertiary alicyclic amines) is 1. The minimum atomic E-state index is 0.569. The Morgan fingerprint density at radius 1 is 1.12 bits per heavy atom. The quantitative estimate of drug-likeness (QED) is 0.846. The molecule has 2 aliphatic heterocycles. The molecule has 0 amide bonds. The van der Waals surface area contributed by atoms with Crippen LogP contribution in [0.5, 0.6) is 0 Å². The van der Waals surface area contributed by atoms with E-state index < -0.39 is 0 Å². The van der Waals surface area contributed by atoms with Crippen molar-refractivity contribution in [3.8, 4) is 0 Å². The summed E-state index contributed by atoms with van der Waals surface area (Å²) in [4.78, 5) is 12.3. The number of piperazine rings is 1. The van der Waals surface area contributed by atoms with Gasteiger partial charge in [0.1, 0.15) is 0 Å². The van der Waals surface area contributed by atoms with Crippen LogP contribution in [0.2, 0.25) is 0 Å². The SMILES string of the molecule is Cc1ccc(N2CCN(CC3CCN(C(C)C)CC3)CC2C)cn1. The highest BCUT2D eigenvalue weighted by Gasteiger charge is 2.27. The molecule has 0 bridgehead atoms. The van der Waals surface area contributed by atoms with Crippen LogP contribution in [0.3, 0.4) is 0 Å². The third kappa shape index (κ3) is 4.28. The summed E-state index contributed by atoms with van der Waals surface area (Å²) in [6, 6.07) is 5.62. The lowest BCUT2D eigenvalue weighted by molar-refractivity contribution is 0.114. The number of rotatable bonds is 4. The van der Waals surface area contributed by atoms with Gasteiger partial charge in [0.15, 0.2) is 0 Å². The number of aromatic nitrogens is 1. The normalized spacial score (nSPS) is 24.7. The maximum atomic E-state index is 4.46. The van der Waals surface area contributed by atoms with Crippen LogP contribution < -0.4 is 4.90 Å². The van der Waals surface area contributed by atoms with Crippen LogP contribution in [0.15, 0.2) is 18.3 Å². The molecule has 0 N–H and O–H groups in total. The molecule has 24 heavy (non-hydrogen) atoms. The van der Waals surface area contributed by atoms with Crippen molar-refractivity contribution in [2.24, 2.45) is 5.92 Å². The summed E-state index contributed by atoms with van der Waals surface area (Å²) in [6.07, 6.45) is 4.77. The zero-order chi connectivity index (χ0) is 17.1. The van der Waals surface area contributed by atoms with Crippen molar-refractivity contribution in [2.75, 3.05) is 44.2 Å². The lowest BCUT2D eigenvalue weighted by Gasteiger charge is -2.43. The first-order chi connectivity index (χ1) is 11.5. The van der Waals surface area contributed by atoms with Crippen molar-refractivity contribution in [3.63, 3.8) is 0 Å². The van der Waals surface area contributed by atoms with Crippen LogP contribution in [0.1, 0.15) is 39.3 Å². The number of anilines is 1. The van der Waals surface area contributed by atoms with Crippen LogP contribution in [-0.2, 0) is 0 Å². The Morgan fingerprint density at radius 2 is 1.88 bits per heavy atom. The van der Waals surface area contributed by atoms with Gasteiger partial charge in [-0.05, 0) is 71.7 Å². The van der Waals surface area contributed by atoms with E-state index in [2.05, 4.69) is 59.5 Å². The molecule has 1 aromatic rings. The van der Waals surface area contributed by atoms with E-state index in [0.717, 1.165) is 18.2 Å². The molecule has 134 valence electrons. The van der Waals surface area contributed by atoms with E-state index in [0.29, 0.717) is 12.1 Å². The number of hydrogen-bond acceptors (Lipinski definition) is 4. The summed E-state index contributed by atoms with van der Waals surface area (Å²) in [5.74, 6) is 0.889. The van der Waals surface area contributed by atoms with Gasteiger partial charge in [-0.25, -0.2) is 0 Å². The van der Waals surface area contributed by atoms with Gasteiger partial charge < -0.3 is 9.80 Å². The standard InChI is InChI=1S/C20H34N4/c1-16(2)23-9-7-19(8-10-23)15-22-11-12-24(18(4)14-22)20-6-5-17(3)21-13-20/h5-6,13,16,18-19H,7-12,14-15H2,1-4H3. The Hall–Kier alpha value is -1.13. The molecule has 2 aliphatic rings. The molecular weight excluding hydrogens is 296 g/mol. The van der Waals surface area contributed by atoms with Crippen LogP contribution in [0.25, 0.3) is 0 Å². The molecule has 2 fully saturated rings. The largest absolute Gasteiger partial charge is 0.365 e. The predicted octanol–water partition coefficient (Wildman–Crippen LogP) is 3.02. The Morgan fingerprint density at radius 3 is 2.46 bits per heavy atom. The van der Waals surface area contributed by atoms with E-state index in [-0.39, 0.29) is 0 Å². The Bertz CT molecular complexity index is 505. The van der Waals surface area contributed by atoms with Crippen molar-refractivity contribution in [3.05, 3.63) is 24.0 Å². The average Bonchev–Trinajstić information content (AvgIpc) is 2.57. The van der Waals surface area contributed by atoms with E-state index in [4.69, 9.17) is 0 Å². The van der Waals surface area contributed by atoms with Crippen LogP contribution in [0, 0.1) is 12.8 Å². The van der Waals surface area contributed by atoms with Crippen molar-refractivity contribution in [2.45, 2.75) is 52.6 Å². The lowest BCUT2D eigenvalue weighted by atomic mass is 9.95. The van der Waals surface area contributed by atoms with Gasteiger partial charge in [0.25, 0.3) is 0 Å². The van der Waals surface area contributed by atoms with Gasteiger partial charge in [-0.1, -0.05) is 0 Å². The monoisotopic (exact) mass is 330 g/mol. The van der Waals surface area contributed by atoms with E-state index in [9.17, 15) is 0 Å². The first kappa shape index (κ1) is 17.7. The highest BCUT2D eigenvalue weighted by molar-refractivity contribution is 5.46. The summed E-state index contributed by atoms with van der Waals surface area (Å²) in [7, 11) is 0. The number of nitrogens with zero attached hydrogens (tertiary/aromatic N) is 4. The van der Waals surface area contributed by atoms with Crippen molar-refractivity contribution >= 4 is 5.69 Å². The number of pyridine rings is 1. The first-order valence-electron chi connectivity index (χ1n) is 9.68. The van der Waals surface area contributed by atoms with Gasteiger partial charge in [0, 0.05) is 44.0 Å². The summed E-state index contributed by atoms with van der Waals surface area (Å²) >= 11 is 0. The molecular formula is C20H34N4. The molecule has 0 aliphatic carbocycles. The molecule has 3 heterocycles. The summed E-state index contributed by atoms with van der Waals surface area (Å²) < 4.78 is 0. The van der Waals surface area contributed by atoms with Gasteiger partial charge >= 0.3 is 0 Å². The molecule has 1 atom stereocenters. The predicted molar refractivity (Wildman–Crippen MR) is 102 cm³/mol. The highest BCUT2D eigenvalue weighted by Crippen LogP contribution is 2.23. The second-order valence-electron chi connectivity index (χ2n) is 8.03. The minimum Gasteiger partial charge on any atom is -0.365 e. The second kappa shape index (κ2) is 7.83. The molecule has 4 nitrogen and oxygen atoms in total. The molecule has 3 rings (SSSR count). The fourth-order valence-electron chi connectivity index (χ4n) is 4.23. The summed E-state index contributed by atoms with van der Waals surface area (Å²) in [6.45, 7) is 16.4. The molecule has 4 heteroatoms. The zero-order valence-electron chi connectivity index (χ0n) is 15.9. The average molecular weight is 331 g/mol. The Labute approximate surface area is 147 Å². The zero-order valence-corrected chi connectivity index (χ0v) is 15.9. The Kier molecular flexibility index (Phi) is 5.77. The van der Waals surface area contributed by atoms with Crippen LogP contribution >= 0.6 is 0 Å². The van der Waals surface area contributed by atoms with Gasteiger partial charge in [0.05, 0.1) is 11.9 Å². The fourth-order valence-corrected chi connectivity index (χ4v) is 4.23. The van der Waals surface area contributed by atoms with Crippen molar-refractivity contribution < 1.29 is 0 Å². The minimum absolute atomic E-state index is 0.569. The maximum absolute atomic E-state index is 4.46. The second-order valence-corrected chi connectivity index (χ2v) is 8.03. The topological polar surface area (TPSA) is 22.6 Å². The van der Waals surface area contributed by atoms with E-state index in [1.807, 2.05) is 6.20 Å². The first-order valence-corrected chi connectivity index (χ1v) is 9.68. The molecule has 0 spiro atoms. The molecule has 1 aromatic heterocycles. The number of piperidine rings is 1. The molecule has 0 saturated carbocycles. The lowest BCUT2D eigenvalue weighted by Crippen LogP contribution is -2.53. The fraction of sp³-hybridized carbons (Fsp3) is 0.750. The van der Waals surface area contributed by atoms with Gasteiger partial charge in [-0.15, -0.1) is 0 Å². The molecule has 1 unspecified atom stereocenters. The Balaban J connectivity index is 1.48. The van der Waals surface area contributed by atoms with Gasteiger partial charge in [0.2, 0.25) is 0 Å².